The third-order valence-electron chi connectivity index (χ3n) is 4.55. The van der Waals surface area contributed by atoms with Crippen LogP contribution in [0.25, 0.3) is 0 Å². The topological polar surface area (TPSA) is 32.8 Å². The Balaban J connectivity index is 2.00. The first-order chi connectivity index (χ1) is 10.4. The minimum absolute atomic E-state index is 0.0920. The molecule has 1 aromatic carbocycles. The Morgan fingerprint density at radius 2 is 1.82 bits per heavy atom. The van der Waals surface area contributed by atoms with Gasteiger partial charge in [-0.25, -0.2) is 0 Å². The zero-order valence-electron chi connectivity index (χ0n) is 14.5. The number of amides is 1. The maximum atomic E-state index is 12.6. The van der Waals surface area contributed by atoms with Gasteiger partial charge in [0.1, 0.15) is 5.75 Å². The molecule has 1 saturated heterocycles. The van der Waals surface area contributed by atoms with Crippen LogP contribution in [0.2, 0.25) is 0 Å². The van der Waals surface area contributed by atoms with Gasteiger partial charge in [-0.15, -0.1) is 0 Å². The van der Waals surface area contributed by atoms with Crippen LogP contribution in [0.5, 0.6) is 5.75 Å². The number of aryl methyl sites for hydroxylation is 2. The van der Waals surface area contributed by atoms with Gasteiger partial charge in [-0.3, -0.25) is 4.79 Å². The predicted octanol–water partition coefficient (Wildman–Crippen LogP) is 2.54. The van der Waals surface area contributed by atoms with E-state index in [1.54, 1.807) is 0 Å². The second-order valence-corrected chi connectivity index (χ2v) is 6.22. The van der Waals surface area contributed by atoms with Crippen LogP contribution in [0.1, 0.15) is 30.5 Å². The van der Waals surface area contributed by atoms with Crippen molar-refractivity contribution in [2.24, 2.45) is 0 Å². The van der Waals surface area contributed by atoms with Gasteiger partial charge >= 0.3 is 0 Å². The third-order valence-corrected chi connectivity index (χ3v) is 4.55. The molecule has 0 aromatic heterocycles. The van der Waals surface area contributed by atoms with Gasteiger partial charge < -0.3 is 14.5 Å². The first-order valence-corrected chi connectivity index (χ1v) is 8.18. The van der Waals surface area contributed by atoms with Crippen molar-refractivity contribution in [3.8, 4) is 5.75 Å². The van der Waals surface area contributed by atoms with Crippen molar-refractivity contribution in [2.75, 3.05) is 32.7 Å². The van der Waals surface area contributed by atoms with E-state index in [1.165, 1.54) is 5.56 Å². The molecule has 1 atom stereocenters. The molecule has 4 heteroatoms. The van der Waals surface area contributed by atoms with Gasteiger partial charge in [0, 0.05) is 26.2 Å². The summed E-state index contributed by atoms with van der Waals surface area (Å²) in [4.78, 5) is 16.9. The summed E-state index contributed by atoms with van der Waals surface area (Å²) in [5.41, 5.74) is 3.47. The lowest BCUT2D eigenvalue weighted by Gasteiger charge is -2.35. The maximum absolute atomic E-state index is 12.6. The SMILES string of the molecule is CCN1CCN(C(=O)[C@H](C)Oc2cc(C)cc(C)c2C)CC1. The molecule has 122 valence electrons. The zero-order valence-corrected chi connectivity index (χ0v) is 14.5. The smallest absolute Gasteiger partial charge is 0.263 e. The quantitative estimate of drug-likeness (QED) is 0.857. The van der Waals surface area contributed by atoms with Crippen LogP contribution in [0.15, 0.2) is 12.1 Å². The highest BCUT2D eigenvalue weighted by atomic mass is 16.5. The van der Waals surface area contributed by atoms with Crippen molar-refractivity contribution in [2.45, 2.75) is 40.7 Å². The summed E-state index contributed by atoms with van der Waals surface area (Å²) in [6.45, 7) is 14.7. The lowest BCUT2D eigenvalue weighted by Crippen LogP contribution is -2.51. The van der Waals surface area contributed by atoms with E-state index < -0.39 is 6.10 Å². The van der Waals surface area contributed by atoms with Gasteiger partial charge in [-0.2, -0.15) is 0 Å². The van der Waals surface area contributed by atoms with Crippen LogP contribution in [-0.4, -0.2) is 54.5 Å². The molecule has 1 heterocycles. The standard InChI is InChI=1S/C18H28N2O2/c1-6-19-7-9-20(10-8-19)18(21)16(5)22-17-12-13(2)11-14(3)15(17)4/h11-12,16H,6-10H2,1-5H3/t16-/m0/s1. The normalized spacial score (nSPS) is 17.4. The maximum Gasteiger partial charge on any atom is 0.263 e. The number of hydrogen-bond donors (Lipinski definition) is 0. The Hall–Kier alpha value is -1.55. The lowest BCUT2D eigenvalue weighted by atomic mass is 10.1. The molecule has 0 aliphatic carbocycles. The summed E-state index contributed by atoms with van der Waals surface area (Å²) in [5.74, 6) is 0.917. The predicted molar refractivity (Wildman–Crippen MR) is 89.4 cm³/mol. The largest absolute Gasteiger partial charge is 0.481 e. The summed E-state index contributed by atoms with van der Waals surface area (Å²) in [5, 5.41) is 0. The zero-order chi connectivity index (χ0) is 16.3. The monoisotopic (exact) mass is 304 g/mol. The van der Waals surface area contributed by atoms with Crippen LogP contribution < -0.4 is 4.74 Å². The highest BCUT2D eigenvalue weighted by Gasteiger charge is 2.25. The Morgan fingerprint density at radius 1 is 1.18 bits per heavy atom. The number of nitrogens with zero attached hydrogens (tertiary/aromatic N) is 2. The van der Waals surface area contributed by atoms with Gasteiger partial charge in [-0.1, -0.05) is 13.0 Å². The number of carbonyl (C=O) groups is 1. The van der Waals surface area contributed by atoms with Gasteiger partial charge in [0.2, 0.25) is 0 Å². The molecule has 2 rings (SSSR count). The third kappa shape index (κ3) is 3.80. The summed E-state index contributed by atoms with van der Waals surface area (Å²) in [7, 11) is 0. The molecule has 1 aliphatic heterocycles. The molecule has 0 spiro atoms. The molecular formula is C18H28N2O2. The molecule has 0 radical (unpaired) electrons. The van der Waals surface area contributed by atoms with E-state index in [2.05, 4.69) is 31.7 Å². The van der Waals surface area contributed by atoms with Gasteiger partial charge in [0.15, 0.2) is 6.10 Å². The van der Waals surface area contributed by atoms with E-state index in [1.807, 2.05) is 24.8 Å². The van der Waals surface area contributed by atoms with Crippen LogP contribution in [0, 0.1) is 20.8 Å². The first-order valence-electron chi connectivity index (χ1n) is 8.18. The van der Waals surface area contributed by atoms with Crippen molar-refractivity contribution in [1.82, 2.24) is 9.80 Å². The van der Waals surface area contributed by atoms with E-state index in [9.17, 15) is 4.79 Å². The Kier molecular flexibility index (Phi) is 5.46. The number of rotatable bonds is 4. The molecule has 0 saturated carbocycles. The molecule has 0 N–H and O–H groups in total. The molecule has 1 aromatic rings. The molecule has 4 nitrogen and oxygen atoms in total. The van der Waals surface area contributed by atoms with E-state index >= 15 is 0 Å². The van der Waals surface area contributed by atoms with Gasteiger partial charge in [-0.05, 0) is 57.0 Å². The van der Waals surface area contributed by atoms with E-state index in [0.29, 0.717) is 0 Å². The fourth-order valence-electron chi connectivity index (χ4n) is 2.91. The summed E-state index contributed by atoms with van der Waals surface area (Å²) >= 11 is 0. The number of likely N-dealkylation sites (N-methyl/N-ethyl adjacent to an activating group) is 1. The number of ether oxygens (including phenoxy) is 1. The fraction of sp³-hybridized carbons (Fsp3) is 0.611. The van der Waals surface area contributed by atoms with E-state index in [4.69, 9.17) is 4.74 Å². The van der Waals surface area contributed by atoms with Crippen molar-refractivity contribution in [3.05, 3.63) is 28.8 Å². The minimum atomic E-state index is -0.437. The summed E-state index contributed by atoms with van der Waals surface area (Å²) < 4.78 is 5.97. The summed E-state index contributed by atoms with van der Waals surface area (Å²) in [6.07, 6.45) is -0.437. The number of benzene rings is 1. The second-order valence-electron chi connectivity index (χ2n) is 6.22. The molecule has 1 aliphatic rings. The molecule has 0 bridgehead atoms. The Labute approximate surface area is 134 Å². The van der Waals surface area contributed by atoms with Crippen molar-refractivity contribution >= 4 is 5.91 Å². The van der Waals surface area contributed by atoms with Crippen molar-refractivity contribution < 1.29 is 9.53 Å². The molecule has 1 amide bonds. The van der Waals surface area contributed by atoms with Crippen LogP contribution in [-0.2, 0) is 4.79 Å². The Morgan fingerprint density at radius 3 is 2.41 bits per heavy atom. The molecule has 0 unspecified atom stereocenters. The van der Waals surface area contributed by atoms with E-state index in [-0.39, 0.29) is 5.91 Å². The van der Waals surface area contributed by atoms with Crippen LogP contribution in [0.4, 0.5) is 0 Å². The summed E-state index contributed by atoms with van der Waals surface area (Å²) in [6, 6.07) is 4.15. The van der Waals surface area contributed by atoms with Crippen molar-refractivity contribution in [3.63, 3.8) is 0 Å². The fourth-order valence-corrected chi connectivity index (χ4v) is 2.91. The molecule has 1 fully saturated rings. The number of piperazine rings is 1. The second kappa shape index (κ2) is 7.14. The minimum Gasteiger partial charge on any atom is -0.481 e. The number of carbonyl (C=O) groups excluding carboxylic acids is 1. The molecule has 22 heavy (non-hydrogen) atoms. The number of hydrogen-bond acceptors (Lipinski definition) is 3. The highest BCUT2D eigenvalue weighted by Crippen LogP contribution is 2.24. The lowest BCUT2D eigenvalue weighted by molar-refractivity contribution is -0.139. The van der Waals surface area contributed by atoms with Crippen LogP contribution in [0.3, 0.4) is 0 Å². The average Bonchev–Trinajstić information content (AvgIpc) is 2.51. The highest BCUT2D eigenvalue weighted by molar-refractivity contribution is 5.81. The average molecular weight is 304 g/mol. The Bertz CT molecular complexity index is 534. The molecular weight excluding hydrogens is 276 g/mol. The van der Waals surface area contributed by atoms with Crippen molar-refractivity contribution in [1.29, 1.82) is 0 Å². The van der Waals surface area contributed by atoms with E-state index in [0.717, 1.165) is 49.6 Å². The van der Waals surface area contributed by atoms with Gasteiger partial charge in [0.05, 0.1) is 0 Å². The first kappa shape index (κ1) is 16.8. The van der Waals surface area contributed by atoms with Crippen LogP contribution >= 0.6 is 0 Å². The van der Waals surface area contributed by atoms with Gasteiger partial charge in [0.25, 0.3) is 5.91 Å².